The fourth-order valence-corrected chi connectivity index (χ4v) is 2.73. The number of aryl methyl sites for hydroxylation is 2. The van der Waals surface area contributed by atoms with E-state index in [1.807, 2.05) is 32.9 Å². The highest BCUT2D eigenvalue weighted by Crippen LogP contribution is 2.32. The minimum atomic E-state index is -0.309. The van der Waals surface area contributed by atoms with Crippen molar-refractivity contribution in [3.8, 4) is 22.8 Å². The number of benzene rings is 2. The molecule has 0 aliphatic carbocycles. The number of phenols is 1. The second-order valence-corrected chi connectivity index (χ2v) is 6.06. The molecule has 1 heterocycles. The molecule has 0 saturated heterocycles. The van der Waals surface area contributed by atoms with Crippen molar-refractivity contribution in [3.63, 3.8) is 0 Å². The lowest BCUT2D eigenvalue weighted by Gasteiger charge is -2.06. The Morgan fingerprint density at radius 3 is 2.62 bits per heavy atom. The summed E-state index contributed by atoms with van der Waals surface area (Å²) < 4.78 is 5.38. The Kier molecular flexibility index (Phi) is 4.93. The lowest BCUT2D eigenvalue weighted by Crippen LogP contribution is -2.12. The van der Waals surface area contributed by atoms with Gasteiger partial charge in [-0.3, -0.25) is 9.89 Å². The molecule has 0 fully saturated rings. The largest absolute Gasteiger partial charge is 0.507 e. The number of rotatable bonds is 5. The fourth-order valence-electron chi connectivity index (χ4n) is 2.73. The van der Waals surface area contributed by atoms with E-state index in [4.69, 9.17) is 4.74 Å². The van der Waals surface area contributed by atoms with E-state index in [0.717, 1.165) is 16.9 Å². The summed E-state index contributed by atoms with van der Waals surface area (Å²) in [5, 5.41) is 20.0. The van der Waals surface area contributed by atoms with Crippen LogP contribution in [-0.4, -0.2) is 27.8 Å². The van der Waals surface area contributed by atoms with Crippen LogP contribution in [0.2, 0.25) is 0 Å². The maximum atomic E-state index is 12.4. The van der Waals surface area contributed by atoms with Gasteiger partial charge in [-0.1, -0.05) is 6.07 Å². The van der Waals surface area contributed by atoms with E-state index in [9.17, 15) is 9.90 Å². The number of phenolic OH excluding ortho intramolecular Hbond substituents is 1. The molecule has 1 amide bonds. The van der Waals surface area contributed by atoms with Crippen LogP contribution in [0.3, 0.4) is 0 Å². The number of anilines is 1. The van der Waals surface area contributed by atoms with Crippen LogP contribution in [0.5, 0.6) is 11.5 Å². The molecule has 2 aromatic carbocycles. The molecule has 6 nitrogen and oxygen atoms in total. The summed E-state index contributed by atoms with van der Waals surface area (Å²) in [6.45, 7) is 6.28. The number of carbonyl (C=O) groups excluding carboxylic acids is 1. The molecular formula is C20H21N3O3. The van der Waals surface area contributed by atoms with Crippen molar-refractivity contribution < 1.29 is 14.6 Å². The maximum absolute atomic E-state index is 12.4. The van der Waals surface area contributed by atoms with E-state index in [2.05, 4.69) is 15.5 Å². The van der Waals surface area contributed by atoms with Crippen molar-refractivity contribution >= 4 is 11.6 Å². The van der Waals surface area contributed by atoms with Crippen LogP contribution in [0.15, 0.2) is 42.5 Å². The van der Waals surface area contributed by atoms with Crippen LogP contribution in [0, 0.1) is 13.8 Å². The van der Waals surface area contributed by atoms with Gasteiger partial charge in [0.15, 0.2) is 0 Å². The summed E-state index contributed by atoms with van der Waals surface area (Å²) >= 11 is 0. The zero-order chi connectivity index (χ0) is 18.7. The lowest BCUT2D eigenvalue weighted by atomic mass is 10.0. The molecule has 0 unspecified atom stereocenters. The SMILES string of the molecule is CCOc1ccc(NC(=O)c2cc(-c3cc(C)cc(C)c3O)n[nH]2)cc1. The topological polar surface area (TPSA) is 87.2 Å². The molecule has 1 aromatic heterocycles. The van der Waals surface area contributed by atoms with Gasteiger partial charge in [-0.15, -0.1) is 0 Å². The third kappa shape index (κ3) is 3.69. The predicted molar refractivity (Wildman–Crippen MR) is 101 cm³/mol. The van der Waals surface area contributed by atoms with Gasteiger partial charge in [-0.2, -0.15) is 5.10 Å². The molecular weight excluding hydrogens is 330 g/mol. The number of nitrogens with one attached hydrogen (secondary N) is 2. The number of amides is 1. The van der Waals surface area contributed by atoms with Crippen molar-refractivity contribution in [1.29, 1.82) is 0 Å². The van der Waals surface area contributed by atoms with Crippen molar-refractivity contribution in [1.82, 2.24) is 10.2 Å². The molecule has 0 aliphatic rings. The van der Waals surface area contributed by atoms with Gasteiger partial charge in [0.1, 0.15) is 17.2 Å². The second-order valence-electron chi connectivity index (χ2n) is 6.06. The first-order valence-electron chi connectivity index (χ1n) is 8.38. The van der Waals surface area contributed by atoms with Crippen LogP contribution in [0.25, 0.3) is 11.3 Å². The summed E-state index contributed by atoms with van der Waals surface area (Å²) in [4.78, 5) is 12.4. The molecule has 134 valence electrons. The van der Waals surface area contributed by atoms with E-state index in [-0.39, 0.29) is 11.7 Å². The van der Waals surface area contributed by atoms with Gasteiger partial charge >= 0.3 is 0 Å². The Balaban J connectivity index is 1.78. The Labute approximate surface area is 151 Å². The molecule has 0 aliphatic heterocycles. The fraction of sp³-hybridized carbons (Fsp3) is 0.200. The highest BCUT2D eigenvalue weighted by Gasteiger charge is 2.15. The Hall–Kier alpha value is -3.28. The number of aromatic nitrogens is 2. The predicted octanol–water partition coefficient (Wildman–Crippen LogP) is 4.05. The first-order valence-corrected chi connectivity index (χ1v) is 8.38. The van der Waals surface area contributed by atoms with Gasteiger partial charge in [-0.25, -0.2) is 0 Å². The number of carbonyl (C=O) groups is 1. The summed E-state index contributed by atoms with van der Waals surface area (Å²) in [5.74, 6) is 0.608. The number of aromatic amines is 1. The number of nitrogens with zero attached hydrogens (tertiary/aromatic N) is 1. The standard InChI is InChI=1S/C20H21N3O3/c1-4-26-15-7-5-14(6-8-15)21-20(25)18-11-17(22-23-18)16-10-12(2)9-13(3)19(16)24/h5-11,24H,4H2,1-3H3,(H,21,25)(H,22,23). The molecule has 0 bridgehead atoms. The third-order valence-corrected chi connectivity index (χ3v) is 3.97. The van der Waals surface area contributed by atoms with Gasteiger partial charge in [0.25, 0.3) is 5.91 Å². The highest BCUT2D eigenvalue weighted by atomic mass is 16.5. The summed E-state index contributed by atoms with van der Waals surface area (Å²) in [7, 11) is 0. The minimum absolute atomic E-state index is 0.167. The normalized spacial score (nSPS) is 10.6. The number of hydrogen-bond acceptors (Lipinski definition) is 4. The van der Waals surface area contributed by atoms with Crippen LogP contribution < -0.4 is 10.1 Å². The molecule has 3 aromatic rings. The van der Waals surface area contributed by atoms with Crippen LogP contribution >= 0.6 is 0 Å². The van der Waals surface area contributed by atoms with Crippen molar-refractivity contribution in [3.05, 3.63) is 59.3 Å². The molecule has 3 rings (SSSR count). The quantitative estimate of drug-likeness (QED) is 0.647. The first kappa shape index (κ1) is 17.5. The number of aromatic hydroxyl groups is 1. The molecule has 3 N–H and O–H groups in total. The molecule has 0 saturated carbocycles. The van der Waals surface area contributed by atoms with Gasteiger partial charge in [0, 0.05) is 11.3 Å². The zero-order valence-electron chi connectivity index (χ0n) is 15.0. The van der Waals surface area contributed by atoms with Gasteiger partial charge in [0.05, 0.1) is 12.3 Å². The Morgan fingerprint density at radius 1 is 1.19 bits per heavy atom. The second kappa shape index (κ2) is 7.31. The first-order chi connectivity index (χ1) is 12.5. The van der Waals surface area contributed by atoms with E-state index in [0.29, 0.717) is 29.2 Å². The number of H-pyrrole nitrogens is 1. The zero-order valence-corrected chi connectivity index (χ0v) is 15.0. The summed E-state index contributed by atoms with van der Waals surface area (Å²) in [6.07, 6.45) is 0. The van der Waals surface area contributed by atoms with E-state index < -0.39 is 0 Å². The van der Waals surface area contributed by atoms with Gasteiger partial charge in [0.2, 0.25) is 0 Å². The van der Waals surface area contributed by atoms with Gasteiger partial charge < -0.3 is 15.2 Å². The molecule has 0 radical (unpaired) electrons. The van der Waals surface area contributed by atoms with E-state index in [1.54, 1.807) is 30.3 Å². The van der Waals surface area contributed by atoms with E-state index >= 15 is 0 Å². The van der Waals surface area contributed by atoms with E-state index in [1.165, 1.54) is 0 Å². The minimum Gasteiger partial charge on any atom is -0.507 e. The molecule has 6 heteroatoms. The van der Waals surface area contributed by atoms with Gasteiger partial charge in [-0.05, 0) is 68.3 Å². The third-order valence-electron chi connectivity index (χ3n) is 3.97. The molecule has 0 atom stereocenters. The number of ether oxygens (including phenoxy) is 1. The average Bonchev–Trinajstić information content (AvgIpc) is 3.10. The van der Waals surface area contributed by atoms with Crippen LogP contribution in [0.1, 0.15) is 28.5 Å². The average molecular weight is 351 g/mol. The highest BCUT2D eigenvalue weighted by molar-refractivity contribution is 6.03. The summed E-state index contributed by atoms with van der Waals surface area (Å²) in [5.41, 5.74) is 3.86. The molecule has 0 spiro atoms. The van der Waals surface area contributed by atoms with Crippen LogP contribution in [0.4, 0.5) is 5.69 Å². The number of hydrogen-bond donors (Lipinski definition) is 3. The molecule has 26 heavy (non-hydrogen) atoms. The van der Waals surface area contributed by atoms with Crippen molar-refractivity contribution in [2.24, 2.45) is 0 Å². The van der Waals surface area contributed by atoms with Crippen LogP contribution in [-0.2, 0) is 0 Å². The lowest BCUT2D eigenvalue weighted by molar-refractivity contribution is 0.102. The van der Waals surface area contributed by atoms with Crippen molar-refractivity contribution in [2.45, 2.75) is 20.8 Å². The Morgan fingerprint density at radius 2 is 1.92 bits per heavy atom. The Bertz CT molecular complexity index is 930. The smallest absolute Gasteiger partial charge is 0.273 e. The monoisotopic (exact) mass is 351 g/mol. The maximum Gasteiger partial charge on any atom is 0.273 e. The summed E-state index contributed by atoms with van der Waals surface area (Å²) in [6, 6.07) is 12.5. The van der Waals surface area contributed by atoms with Crippen molar-refractivity contribution in [2.75, 3.05) is 11.9 Å².